The van der Waals surface area contributed by atoms with Crippen LogP contribution in [0, 0.1) is 0 Å². The molecule has 2 unspecified atom stereocenters. The number of piperidine rings is 1. The molecule has 5 rings (SSSR count). The number of nitrogens with zero attached hydrogens (tertiary/aromatic N) is 4. The Morgan fingerprint density at radius 3 is 2.53 bits per heavy atom. The number of ketones is 1. The number of carbonyl (C=O) groups is 1. The normalized spacial score (nSPS) is 18.5. The second-order valence-electron chi connectivity index (χ2n) is 10.3. The van der Waals surface area contributed by atoms with Crippen LogP contribution in [0.5, 0.6) is 0 Å². The van der Waals surface area contributed by atoms with E-state index in [-0.39, 0.29) is 5.78 Å². The number of aromatic nitrogens is 3. The third kappa shape index (κ3) is 5.57. The molecule has 36 heavy (non-hydrogen) atoms. The Kier molecular flexibility index (Phi) is 7.57. The second-order valence-corrected chi connectivity index (χ2v) is 10.3. The molecule has 0 radical (unpaired) electrons. The van der Waals surface area contributed by atoms with Crippen LogP contribution in [0.3, 0.4) is 0 Å². The number of Topliss-reactive ketones (excluding diaryl/α,β-unsaturated/α-hetero) is 1. The SMILES string of the molecule is CC1CCCC(C)N1CCc1cn(-c2ccc(CC(=O)CCc3cccnc3)cn2)c2ccccc12. The van der Waals surface area contributed by atoms with Crippen molar-refractivity contribution in [3.8, 4) is 5.82 Å². The molecule has 4 heterocycles. The second kappa shape index (κ2) is 11.2. The number of fused-ring (bicyclic) bond motifs is 1. The highest BCUT2D eigenvalue weighted by Gasteiger charge is 2.24. The van der Waals surface area contributed by atoms with Crippen LogP contribution < -0.4 is 0 Å². The van der Waals surface area contributed by atoms with Crippen molar-refractivity contribution in [1.29, 1.82) is 0 Å². The number of benzene rings is 1. The molecule has 186 valence electrons. The zero-order valence-corrected chi connectivity index (χ0v) is 21.4. The number of hydrogen-bond donors (Lipinski definition) is 0. The quantitative estimate of drug-likeness (QED) is 0.296. The lowest BCUT2D eigenvalue weighted by molar-refractivity contribution is -0.118. The van der Waals surface area contributed by atoms with Gasteiger partial charge >= 0.3 is 0 Å². The Morgan fingerprint density at radius 1 is 0.944 bits per heavy atom. The van der Waals surface area contributed by atoms with Crippen LogP contribution in [0.2, 0.25) is 0 Å². The Bertz CT molecular complexity index is 1290. The van der Waals surface area contributed by atoms with E-state index in [1.54, 1.807) is 6.20 Å². The smallest absolute Gasteiger partial charge is 0.137 e. The number of likely N-dealkylation sites (tertiary alicyclic amines) is 1. The van der Waals surface area contributed by atoms with E-state index < -0.39 is 0 Å². The summed E-state index contributed by atoms with van der Waals surface area (Å²) in [7, 11) is 0. The average Bonchev–Trinajstić information content (AvgIpc) is 3.27. The van der Waals surface area contributed by atoms with Gasteiger partial charge in [-0.15, -0.1) is 0 Å². The van der Waals surface area contributed by atoms with Crippen molar-refractivity contribution in [3.63, 3.8) is 0 Å². The summed E-state index contributed by atoms with van der Waals surface area (Å²) in [5.41, 5.74) is 4.60. The van der Waals surface area contributed by atoms with E-state index in [1.165, 1.54) is 35.7 Å². The number of rotatable bonds is 9. The van der Waals surface area contributed by atoms with E-state index in [0.717, 1.165) is 36.3 Å². The molecule has 1 aliphatic heterocycles. The predicted molar refractivity (Wildman–Crippen MR) is 146 cm³/mol. The first-order chi connectivity index (χ1) is 17.6. The average molecular weight is 481 g/mol. The molecule has 4 aromatic rings. The summed E-state index contributed by atoms with van der Waals surface area (Å²) in [5, 5.41) is 1.30. The molecular formula is C31H36N4O. The zero-order chi connectivity index (χ0) is 24.9. The first-order valence-corrected chi connectivity index (χ1v) is 13.3. The molecule has 1 fully saturated rings. The largest absolute Gasteiger partial charge is 0.301 e. The van der Waals surface area contributed by atoms with Gasteiger partial charge in [-0.1, -0.05) is 36.8 Å². The maximum atomic E-state index is 12.5. The molecule has 0 bridgehead atoms. The van der Waals surface area contributed by atoms with Crippen LogP contribution >= 0.6 is 0 Å². The minimum atomic E-state index is 0.225. The molecule has 3 aromatic heterocycles. The fraction of sp³-hybridized carbons (Fsp3) is 0.387. The highest BCUT2D eigenvalue weighted by molar-refractivity contribution is 5.85. The molecule has 1 aromatic carbocycles. The standard InChI is InChI=1S/C31H36N4O/c1-23-7-5-8-24(2)34(23)18-16-27-22-35(30-11-4-3-10-29(27)30)31-15-13-26(21-33-31)19-28(36)14-12-25-9-6-17-32-20-25/h3-4,6,9-11,13,15,17,20-24H,5,7-8,12,14,16,18-19H2,1-2H3. The Labute approximate surface area is 214 Å². The third-order valence-electron chi connectivity index (χ3n) is 7.68. The van der Waals surface area contributed by atoms with Gasteiger partial charge in [0.15, 0.2) is 0 Å². The van der Waals surface area contributed by atoms with E-state index >= 15 is 0 Å². The molecule has 0 N–H and O–H groups in total. The summed E-state index contributed by atoms with van der Waals surface area (Å²) >= 11 is 0. The number of carbonyl (C=O) groups excluding carboxylic acids is 1. The molecule has 1 saturated heterocycles. The first-order valence-electron chi connectivity index (χ1n) is 13.3. The number of hydrogen-bond acceptors (Lipinski definition) is 4. The maximum absolute atomic E-state index is 12.5. The molecule has 5 nitrogen and oxygen atoms in total. The van der Waals surface area contributed by atoms with Crippen molar-refractivity contribution < 1.29 is 4.79 Å². The monoisotopic (exact) mass is 480 g/mol. The van der Waals surface area contributed by atoms with E-state index in [0.29, 0.717) is 24.9 Å². The number of pyridine rings is 2. The Balaban J connectivity index is 1.28. The van der Waals surface area contributed by atoms with Crippen molar-refractivity contribution in [1.82, 2.24) is 19.4 Å². The van der Waals surface area contributed by atoms with E-state index in [4.69, 9.17) is 4.98 Å². The van der Waals surface area contributed by atoms with E-state index in [2.05, 4.69) is 58.8 Å². The lowest BCUT2D eigenvalue weighted by atomic mass is 9.97. The van der Waals surface area contributed by atoms with Gasteiger partial charge in [0, 0.05) is 61.6 Å². The summed E-state index contributed by atoms with van der Waals surface area (Å²) < 4.78 is 2.20. The number of para-hydroxylation sites is 1. The van der Waals surface area contributed by atoms with E-state index in [9.17, 15) is 4.79 Å². The molecule has 2 atom stereocenters. The lowest BCUT2D eigenvalue weighted by Crippen LogP contribution is -2.44. The lowest BCUT2D eigenvalue weighted by Gasteiger charge is -2.39. The number of aryl methyl sites for hydroxylation is 1. The first kappa shape index (κ1) is 24.4. The van der Waals surface area contributed by atoms with Gasteiger partial charge in [0.1, 0.15) is 11.6 Å². The Hall–Kier alpha value is -3.31. The highest BCUT2D eigenvalue weighted by Crippen LogP contribution is 2.27. The minimum Gasteiger partial charge on any atom is -0.301 e. The van der Waals surface area contributed by atoms with Gasteiger partial charge in [-0.2, -0.15) is 0 Å². The predicted octanol–water partition coefficient (Wildman–Crippen LogP) is 5.97. The van der Waals surface area contributed by atoms with Crippen molar-refractivity contribution in [3.05, 3.63) is 90.0 Å². The topological polar surface area (TPSA) is 51.0 Å². The Morgan fingerprint density at radius 2 is 1.78 bits per heavy atom. The van der Waals surface area contributed by atoms with Gasteiger partial charge in [0.2, 0.25) is 0 Å². The zero-order valence-electron chi connectivity index (χ0n) is 21.4. The van der Waals surface area contributed by atoms with Gasteiger partial charge in [-0.05, 0) is 74.4 Å². The molecule has 5 heteroatoms. The summed E-state index contributed by atoms with van der Waals surface area (Å²) in [6, 6.07) is 17.9. The summed E-state index contributed by atoms with van der Waals surface area (Å²) in [4.78, 5) is 24.1. The van der Waals surface area contributed by atoms with Crippen molar-refractivity contribution >= 4 is 16.7 Å². The maximum Gasteiger partial charge on any atom is 0.137 e. The summed E-state index contributed by atoms with van der Waals surface area (Å²) in [6.07, 6.45) is 14.3. The molecular weight excluding hydrogens is 444 g/mol. The summed E-state index contributed by atoms with van der Waals surface area (Å²) in [5.74, 6) is 1.12. The van der Waals surface area contributed by atoms with Crippen LogP contribution in [0.15, 0.2) is 73.3 Å². The fourth-order valence-electron chi connectivity index (χ4n) is 5.61. The van der Waals surface area contributed by atoms with Crippen LogP contribution in [-0.4, -0.2) is 43.8 Å². The molecule has 1 aliphatic rings. The van der Waals surface area contributed by atoms with Gasteiger partial charge in [0.05, 0.1) is 5.52 Å². The minimum absolute atomic E-state index is 0.225. The van der Waals surface area contributed by atoms with Gasteiger partial charge in [0.25, 0.3) is 0 Å². The van der Waals surface area contributed by atoms with Gasteiger partial charge in [-0.3, -0.25) is 14.7 Å². The van der Waals surface area contributed by atoms with Crippen molar-refractivity contribution in [2.45, 2.75) is 70.9 Å². The van der Waals surface area contributed by atoms with Gasteiger partial charge in [-0.25, -0.2) is 4.98 Å². The molecule has 0 amide bonds. The van der Waals surface area contributed by atoms with Crippen LogP contribution in [0.4, 0.5) is 0 Å². The van der Waals surface area contributed by atoms with Crippen molar-refractivity contribution in [2.75, 3.05) is 6.54 Å². The van der Waals surface area contributed by atoms with Gasteiger partial charge < -0.3 is 4.57 Å². The molecule has 0 saturated carbocycles. The third-order valence-corrected chi connectivity index (χ3v) is 7.68. The van der Waals surface area contributed by atoms with E-state index in [1.807, 2.05) is 36.7 Å². The van der Waals surface area contributed by atoms with Crippen molar-refractivity contribution in [2.24, 2.45) is 0 Å². The molecule has 0 aliphatic carbocycles. The van der Waals surface area contributed by atoms with Crippen LogP contribution in [-0.2, 0) is 24.1 Å². The fourth-order valence-corrected chi connectivity index (χ4v) is 5.61. The van der Waals surface area contributed by atoms with Crippen LogP contribution in [0.25, 0.3) is 16.7 Å². The highest BCUT2D eigenvalue weighted by atomic mass is 16.1. The molecule has 0 spiro atoms. The summed E-state index contributed by atoms with van der Waals surface area (Å²) in [6.45, 7) is 5.83. The van der Waals surface area contributed by atoms with Crippen LogP contribution in [0.1, 0.15) is 56.2 Å².